The second-order valence-corrected chi connectivity index (χ2v) is 4.97. The van der Waals surface area contributed by atoms with Crippen molar-refractivity contribution in [2.45, 2.75) is 5.16 Å². The van der Waals surface area contributed by atoms with Crippen molar-refractivity contribution in [3.63, 3.8) is 0 Å². The number of rotatable bonds is 4. The number of nitrogens with zero attached hydrogens (tertiary/aromatic N) is 1. The first kappa shape index (κ1) is 15.7. The van der Waals surface area contributed by atoms with Crippen molar-refractivity contribution in [1.82, 2.24) is 15.3 Å². The van der Waals surface area contributed by atoms with Crippen LogP contribution in [0.15, 0.2) is 46.5 Å². The summed E-state index contributed by atoms with van der Waals surface area (Å²) in [5.74, 6) is -1.34. The van der Waals surface area contributed by atoms with Crippen LogP contribution in [0.3, 0.4) is 0 Å². The second-order valence-electron chi connectivity index (χ2n) is 4.01. The fourth-order valence-electron chi connectivity index (χ4n) is 1.44. The topological polar surface area (TPSA) is 104 Å². The van der Waals surface area contributed by atoms with Crippen LogP contribution >= 0.6 is 11.8 Å². The zero-order valence-electron chi connectivity index (χ0n) is 11.1. The number of nitrogens with one attached hydrogen (secondary N) is 3. The number of imide groups is 1. The molecule has 2 aromatic rings. The minimum atomic E-state index is -0.842. The molecule has 0 radical (unpaired) electrons. The number of benzene rings is 1. The van der Waals surface area contributed by atoms with E-state index in [1.165, 1.54) is 30.5 Å². The Morgan fingerprint density at radius 1 is 1.27 bits per heavy atom. The maximum atomic E-state index is 13.3. The van der Waals surface area contributed by atoms with Crippen molar-refractivity contribution in [2.75, 3.05) is 11.1 Å². The number of halogens is 1. The number of hydrogen-bond acceptors (Lipinski definition) is 5. The van der Waals surface area contributed by atoms with Crippen LogP contribution in [-0.2, 0) is 4.79 Å². The third-order valence-corrected chi connectivity index (χ3v) is 3.25. The molecule has 3 N–H and O–H groups in total. The molecule has 114 valence electrons. The lowest BCUT2D eigenvalue weighted by atomic mass is 10.3. The fourth-order valence-corrected chi connectivity index (χ4v) is 2.09. The van der Waals surface area contributed by atoms with E-state index in [1.54, 1.807) is 6.07 Å². The van der Waals surface area contributed by atoms with Gasteiger partial charge in [0.25, 0.3) is 5.56 Å². The highest BCUT2D eigenvalue weighted by Crippen LogP contribution is 2.12. The summed E-state index contributed by atoms with van der Waals surface area (Å²) >= 11 is 0.961. The first-order valence-corrected chi connectivity index (χ1v) is 7.06. The van der Waals surface area contributed by atoms with Crippen LogP contribution in [0.1, 0.15) is 0 Å². The van der Waals surface area contributed by atoms with Crippen molar-refractivity contribution in [2.24, 2.45) is 0 Å². The fraction of sp³-hybridized carbons (Fsp3) is 0.0769. The van der Waals surface area contributed by atoms with Crippen molar-refractivity contribution in [1.29, 1.82) is 0 Å². The zero-order valence-corrected chi connectivity index (χ0v) is 11.9. The van der Waals surface area contributed by atoms with Gasteiger partial charge in [0.1, 0.15) is 5.82 Å². The monoisotopic (exact) mass is 322 g/mol. The molecule has 0 aliphatic heterocycles. The van der Waals surface area contributed by atoms with Gasteiger partial charge in [0, 0.05) is 12.3 Å². The SMILES string of the molecule is O=C(CSc1nccc(=O)[nH]1)NC(=O)Nc1ccccc1F. The second kappa shape index (κ2) is 7.36. The number of aromatic nitrogens is 2. The highest BCUT2D eigenvalue weighted by atomic mass is 32.2. The van der Waals surface area contributed by atoms with E-state index >= 15 is 0 Å². The number of amides is 3. The number of hydrogen-bond donors (Lipinski definition) is 3. The molecule has 1 aromatic heterocycles. The summed E-state index contributed by atoms with van der Waals surface area (Å²) in [6.07, 6.45) is 1.31. The van der Waals surface area contributed by atoms with Gasteiger partial charge in [-0.3, -0.25) is 14.9 Å². The molecular weight excluding hydrogens is 311 g/mol. The molecule has 3 amide bonds. The van der Waals surface area contributed by atoms with Crippen LogP contribution in [-0.4, -0.2) is 27.7 Å². The quantitative estimate of drug-likeness (QED) is 0.582. The van der Waals surface area contributed by atoms with Crippen LogP contribution < -0.4 is 16.2 Å². The summed E-state index contributed by atoms with van der Waals surface area (Å²) < 4.78 is 13.3. The van der Waals surface area contributed by atoms with Crippen molar-refractivity contribution < 1.29 is 14.0 Å². The summed E-state index contributed by atoms with van der Waals surface area (Å²) in [4.78, 5) is 40.4. The lowest BCUT2D eigenvalue weighted by molar-refractivity contribution is -0.117. The molecule has 0 unspecified atom stereocenters. The highest BCUT2D eigenvalue weighted by Gasteiger charge is 2.11. The number of anilines is 1. The lowest BCUT2D eigenvalue weighted by Crippen LogP contribution is -2.35. The molecular formula is C13H11FN4O3S. The smallest absolute Gasteiger partial charge is 0.305 e. The maximum absolute atomic E-state index is 13.3. The molecule has 0 spiro atoms. The molecule has 1 heterocycles. The lowest BCUT2D eigenvalue weighted by Gasteiger charge is -2.07. The van der Waals surface area contributed by atoms with E-state index in [1.807, 2.05) is 5.32 Å². The van der Waals surface area contributed by atoms with E-state index in [-0.39, 0.29) is 22.2 Å². The van der Waals surface area contributed by atoms with E-state index < -0.39 is 17.8 Å². The van der Waals surface area contributed by atoms with Crippen LogP contribution in [0, 0.1) is 5.82 Å². The summed E-state index contributed by atoms with van der Waals surface area (Å²) in [7, 11) is 0. The van der Waals surface area contributed by atoms with E-state index in [0.29, 0.717) is 0 Å². The number of carbonyl (C=O) groups excluding carboxylic acids is 2. The van der Waals surface area contributed by atoms with Gasteiger partial charge in [-0.1, -0.05) is 23.9 Å². The number of aromatic amines is 1. The maximum Gasteiger partial charge on any atom is 0.325 e. The predicted octanol–water partition coefficient (Wildman–Crippen LogP) is 1.35. The Kier molecular flexibility index (Phi) is 5.26. The van der Waals surface area contributed by atoms with Crippen LogP contribution in [0.2, 0.25) is 0 Å². The Morgan fingerprint density at radius 3 is 2.77 bits per heavy atom. The van der Waals surface area contributed by atoms with E-state index in [2.05, 4.69) is 15.3 Å². The van der Waals surface area contributed by atoms with Crippen molar-refractivity contribution >= 4 is 29.4 Å². The van der Waals surface area contributed by atoms with Gasteiger partial charge in [0.15, 0.2) is 5.16 Å². The standard InChI is InChI=1S/C13H11FN4O3S/c14-8-3-1-2-4-9(8)16-12(21)17-11(20)7-22-13-15-6-5-10(19)18-13/h1-6H,7H2,(H,15,18,19)(H2,16,17,20,21). The molecule has 0 bridgehead atoms. The highest BCUT2D eigenvalue weighted by molar-refractivity contribution is 7.99. The molecule has 0 aliphatic rings. The molecule has 0 aliphatic carbocycles. The number of H-pyrrole nitrogens is 1. The van der Waals surface area contributed by atoms with Crippen LogP contribution in [0.5, 0.6) is 0 Å². The molecule has 22 heavy (non-hydrogen) atoms. The molecule has 2 rings (SSSR count). The van der Waals surface area contributed by atoms with Crippen LogP contribution in [0.25, 0.3) is 0 Å². The predicted molar refractivity (Wildman–Crippen MR) is 79.1 cm³/mol. The summed E-state index contributed by atoms with van der Waals surface area (Å²) in [6.45, 7) is 0. The molecule has 0 saturated heterocycles. The first-order valence-electron chi connectivity index (χ1n) is 6.08. The molecule has 1 aromatic carbocycles. The number of thioether (sulfide) groups is 1. The van der Waals surface area contributed by atoms with E-state index in [0.717, 1.165) is 11.8 Å². The summed E-state index contributed by atoms with van der Waals surface area (Å²) in [5, 5.41) is 4.53. The Morgan fingerprint density at radius 2 is 2.05 bits per heavy atom. The third kappa shape index (κ3) is 4.70. The van der Waals surface area contributed by atoms with Gasteiger partial charge in [-0.15, -0.1) is 0 Å². The minimum Gasteiger partial charge on any atom is -0.305 e. The first-order chi connectivity index (χ1) is 10.5. The van der Waals surface area contributed by atoms with Gasteiger partial charge < -0.3 is 10.3 Å². The Hall–Kier alpha value is -2.68. The number of para-hydroxylation sites is 1. The van der Waals surface area contributed by atoms with Gasteiger partial charge >= 0.3 is 6.03 Å². The molecule has 9 heteroatoms. The van der Waals surface area contributed by atoms with Gasteiger partial charge in [0.05, 0.1) is 11.4 Å². The Labute approximate surface area is 128 Å². The zero-order chi connectivity index (χ0) is 15.9. The summed E-state index contributed by atoms with van der Waals surface area (Å²) in [6, 6.07) is 5.98. The summed E-state index contributed by atoms with van der Waals surface area (Å²) in [5.41, 5.74) is -0.371. The largest absolute Gasteiger partial charge is 0.325 e. The molecule has 0 saturated carbocycles. The van der Waals surface area contributed by atoms with Crippen LogP contribution in [0.4, 0.5) is 14.9 Å². The average molecular weight is 322 g/mol. The average Bonchev–Trinajstić information content (AvgIpc) is 2.47. The normalized spacial score (nSPS) is 10.0. The van der Waals surface area contributed by atoms with E-state index in [4.69, 9.17) is 0 Å². The third-order valence-electron chi connectivity index (χ3n) is 2.36. The van der Waals surface area contributed by atoms with Crippen molar-refractivity contribution in [3.05, 3.63) is 52.7 Å². The molecule has 7 nitrogen and oxygen atoms in total. The van der Waals surface area contributed by atoms with E-state index in [9.17, 15) is 18.8 Å². The van der Waals surface area contributed by atoms with Gasteiger partial charge in [-0.2, -0.15) is 0 Å². The minimum absolute atomic E-state index is 0.0329. The van der Waals surface area contributed by atoms with Gasteiger partial charge in [-0.25, -0.2) is 14.2 Å². The Bertz CT molecular complexity index is 750. The number of urea groups is 1. The molecule has 0 fully saturated rings. The Balaban J connectivity index is 1.83. The van der Waals surface area contributed by atoms with Crippen molar-refractivity contribution in [3.8, 4) is 0 Å². The number of carbonyl (C=O) groups is 2. The van der Waals surface area contributed by atoms with Gasteiger partial charge in [0.2, 0.25) is 5.91 Å². The molecule has 0 atom stereocenters. The van der Waals surface area contributed by atoms with Gasteiger partial charge in [-0.05, 0) is 12.1 Å².